The van der Waals surface area contributed by atoms with E-state index in [1.807, 2.05) is 0 Å². The highest BCUT2D eigenvalue weighted by molar-refractivity contribution is 6.28. The molecule has 8 heteroatoms. The summed E-state index contributed by atoms with van der Waals surface area (Å²) in [6.45, 7) is 0. The van der Waals surface area contributed by atoms with Gasteiger partial charge in [-0.25, -0.2) is 14.5 Å². The first kappa shape index (κ1) is 16.8. The minimum Gasteiger partial charge on any atom is -0.495 e. The van der Waals surface area contributed by atoms with E-state index in [1.165, 1.54) is 13.2 Å². The number of esters is 1. The van der Waals surface area contributed by atoms with Gasteiger partial charge in [0.15, 0.2) is 5.92 Å². The van der Waals surface area contributed by atoms with E-state index in [1.54, 1.807) is 42.5 Å². The molecule has 2 unspecified atom stereocenters. The van der Waals surface area contributed by atoms with Gasteiger partial charge in [-0.3, -0.25) is 14.9 Å². The molecule has 2 heterocycles. The fourth-order valence-corrected chi connectivity index (χ4v) is 3.32. The zero-order valence-corrected chi connectivity index (χ0v) is 14.2. The molecule has 4 amide bonds. The van der Waals surface area contributed by atoms with E-state index in [-0.39, 0.29) is 11.4 Å². The number of nitrogens with one attached hydrogen (secondary N) is 1. The van der Waals surface area contributed by atoms with Crippen molar-refractivity contribution in [2.45, 2.75) is 6.10 Å². The summed E-state index contributed by atoms with van der Waals surface area (Å²) in [4.78, 5) is 50.8. The van der Waals surface area contributed by atoms with E-state index in [9.17, 15) is 19.2 Å². The van der Waals surface area contributed by atoms with Crippen molar-refractivity contribution in [2.75, 3.05) is 12.0 Å². The Balaban J connectivity index is 1.77. The Bertz CT molecular complexity index is 986. The Labute approximate surface area is 153 Å². The minimum absolute atomic E-state index is 0.192. The number of urea groups is 1. The molecule has 0 aromatic heterocycles. The molecule has 1 saturated heterocycles. The van der Waals surface area contributed by atoms with Crippen LogP contribution in [0.25, 0.3) is 0 Å². The molecule has 0 radical (unpaired) electrons. The number of cyclic esters (lactones) is 1. The van der Waals surface area contributed by atoms with Gasteiger partial charge in [-0.15, -0.1) is 0 Å². The topological polar surface area (TPSA) is 102 Å². The number of nitrogens with zero attached hydrogens (tertiary/aromatic N) is 1. The van der Waals surface area contributed by atoms with Crippen molar-refractivity contribution in [3.63, 3.8) is 0 Å². The lowest BCUT2D eigenvalue weighted by molar-refractivity contribution is -0.139. The molecule has 2 atom stereocenters. The molecule has 2 aromatic rings. The summed E-state index contributed by atoms with van der Waals surface area (Å²) in [5.74, 6) is -3.32. The zero-order valence-electron chi connectivity index (χ0n) is 14.2. The molecule has 136 valence electrons. The zero-order chi connectivity index (χ0) is 19.1. The smallest absolute Gasteiger partial charge is 0.339 e. The van der Waals surface area contributed by atoms with Gasteiger partial charge in [-0.05, 0) is 18.2 Å². The lowest BCUT2D eigenvalue weighted by atomic mass is 9.91. The predicted octanol–water partition coefficient (Wildman–Crippen LogP) is 1.81. The Morgan fingerprint density at radius 3 is 2.48 bits per heavy atom. The van der Waals surface area contributed by atoms with Crippen LogP contribution in [0.15, 0.2) is 48.5 Å². The van der Waals surface area contributed by atoms with E-state index in [0.717, 1.165) is 4.90 Å². The molecular weight excluding hydrogens is 352 g/mol. The number of hydrogen-bond donors (Lipinski definition) is 1. The summed E-state index contributed by atoms with van der Waals surface area (Å²) in [6, 6.07) is 12.1. The number of amides is 4. The number of rotatable bonds is 3. The molecule has 4 rings (SSSR count). The largest absolute Gasteiger partial charge is 0.495 e. The van der Waals surface area contributed by atoms with Crippen molar-refractivity contribution in [3.05, 3.63) is 59.7 Å². The lowest BCUT2D eigenvalue weighted by Gasteiger charge is -2.32. The molecular formula is C19H14N2O6. The number of imide groups is 2. The molecule has 1 fully saturated rings. The number of benzene rings is 2. The number of methoxy groups -OCH3 is 1. The predicted molar refractivity (Wildman–Crippen MR) is 92.1 cm³/mol. The highest BCUT2D eigenvalue weighted by atomic mass is 16.6. The average molecular weight is 366 g/mol. The van der Waals surface area contributed by atoms with Crippen LogP contribution in [0.4, 0.5) is 10.5 Å². The van der Waals surface area contributed by atoms with Crippen molar-refractivity contribution in [3.8, 4) is 5.75 Å². The average Bonchev–Trinajstić information content (AvgIpc) is 2.99. The fourth-order valence-electron chi connectivity index (χ4n) is 3.32. The van der Waals surface area contributed by atoms with Gasteiger partial charge in [-0.1, -0.05) is 30.3 Å². The third-order valence-corrected chi connectivity index (χ3v) is 4.55. The second-order valence-corrected chi connectivity index (χ2v) is 6.03. The number of para-hydroxylation sites is 2. The quantitative estimate of drug-likeness (QED) is 0.657. The maximum Gasteiger partial charge on any atom is 0.339 e. The van der Waals surface area contributed by atoms with E-state index in [0.29, 0.717) is 11.1 Å². The first-order valence-corrected chi connectivity index (χ1v) is 8.14. The van der Waals surface area contributed by atoms with Crippen molar-refractivity contribution in [1.29, 1.82) is 0 Å². The highest BCUT2D eigenvalue weighted by Gasteiger charge is 2.51. The second kappa shape index (κ2) is 6.24. The number of ether oxygens (including phenoxy) is 2. The first-order chi connectivity index (χ1) is 13.0. The van der Waals surface area contributed by atoms with Crippen molar-refractivity contribution >= 4 is 29.5 Å². The minimum atomic E-state index is -1.39. The number of fused-ring (bicyclic) bond motifs is 1. The van der Waals surface area contributed by atoms with Crippen LogP contribution in [0.2, 0.25) is 0 Å². The van der Waals surface area contributed by atoms with Gasteiger partial charge >= 0.3 is 12.0 Å². The van der Waals surface area contributed by atoms with E-state index >= 15 is 0 Å². The van der Waals surface area contributed by atoms with Gasteiger partial charge in [0, 0.05) is 5.56 Å². The van der Waals surface area contributed by atoms with Gasteiger partial charge in [0.2, 0.25) is 5.91 Å². The van der Waals surface area contributed by atoms with Crippen LogP contribution >= 0.6 is 0 Å². The number of barbiturate groups is 1. The molecule has 0 spiro atoms. The van der Waals surface area contributed by atoms with Gasteiger partial charge in [0.1, 0.15) is 11.9 Å². The molecule has 0 aliphatic carbocycles. The number of carbonyl (C=O) groups excluding carboxylic acids is 4. The number of carbonyl (C=O) groups is 4. The van der Waals surface area contributed by atoms with Crippen molar-refractivity contribution in [1.82, 2.24) is 5.32 Å². The third kappa shape index (κ3) is 2.53. The van der Waals surface area contributed by atoms with Crippen LogP contribution in [-0.2, 0) is 14.3 Å². The maximum absolute atomic E-state index is 13.1. The number of anilines is 1. The van der Waals surface area contributed by atoms with Crippen molar-refractivity contribution < 1.29 is 28.7 Å². The van der Waals surface area contributed by atoms with E-state index < -0.39 is 35.8 Å². The number of hydrogen-bond acceptors (Lipinski definition) is 6. The van der Waals surface area contributed by atoms with Gasteiger partial charge in [-0.2, -0.15) is 0 Å². The third-order valence-electron chi connectivity index (χ3n) is 4.55. The van der Waals surface area contributed by atoms with Crippen LogP contribution < -0.4 is 15.0 Å². The van der Waals surface area contributed by atoms with E-state index in [4.69, 9.17) is 9.47 Å². The fraction of sp³-hybridized carbons (Fsp3) is 0.158. The molecule has 27 heavy (non-hydrogen) atoms. The standard InChI is InChI=1S/C19H14N2O6/c1-26-13-9-5-4-8-12(13)21-17(23)14(16(22)20-19(21)25)15-10-6-2-3-7-11(10)18(24)27-15/h2-9,14-15H,1H3,(H,20,22,25). The molecule has 1 N–H and O–H groups in total. The molecule has 0 saturated carbocycles. The molecule has 8 nitrogen and oxygen atoms in total. The maximum atomic E-state index is 13.1. The lowest BCUT2D eigenvalue weighted by Crippen LogP contribution is -2.59. The van der Waals surface area contributed by atoms with E-state index in [2.05, 4.69) is 5.32 Å². The summed E-state index contributed by atoms with van der Waals surface area (Å²) in [5.41, 5.74) is 0.923. The second-order valence-electron chi connectivity index (χ2n) is 6.03. The van der Waals surface area contributed by atoms with Crippen molar-refractivity contribution in [2.24, 2.45) is 5.92 Å². The Hall–Kier alpha value is -3.68. The molecule has 0 bridgehead atoms. The summed E-state index contributed by atoms with van der Waals surface area (Å²) in [5, 5.41) is 2.16. The SMILES string of the molecule is COc1ccccc1N1C(=O)NC(=O)C(C2OC(=O)c3ccccc32)C1=O. The highest BCUT2D eigenvalue weighted by Crippen LogP contribution is 2.40. The normalized spacial score (nSPS) is 21.6. The Morgan fingerprint density at radius 2 is 1.70 bits per heavy atom. The molecule has 2 aliphatic rings. The Morgan fingerprint density at radius 1 is 1.00 bits per heavy atom. The molecule has 2 aliphatic heterocycles. The van der Waals surface area contributed by atoms with Crippen LogP contribution in [-0.4, -0.2) is 30.9 Å². The van der Waals surface area contributed by atoms with Gasteiger partial charge in [0.25, 0.3) is 5.91 Å². The van der Waals surface area contributed by atoms with Gasteiger partial charge in [0.05, 0.1) is 18.4 Å². The Kier molecular flexibility index (Phi) is 3.88. The summed E-state index contributed by atoms with van der Waals surface area (Å²) in [6.07, 6.45) is -1.11. The van der Waals surface area contributed by atoms with Crippen LogP contribution in [0, 0.1) is 5.92 Å². The monoisotopic (exact) mass is 366 g/mol. The van der Waals surface area contributed by atoms with Gasteiger partial charge < -0.3 is 9.47 Å². The summed E-state index contributed by atoms with van der Waals surface area (Å²) >= 11 is 0. The van der Waals surface area contributed by atoms with Crippen LogP contribution in [0.5, 0.6) is 5.75 Å². The van der Waals surface area contributed by atoms with Crippen LogP contribution in [0.3, 0.4) is 0 Å². The first-order valence-electron chi connectivity index (χ1n) is 8.14. The summed E-state index contributed by atoms with van der Waals surface area (Å²) in [7, 11) is 1.41. The van der Waals surface area contributed by atoms with Crippen LogP contribution in [0.1, 0.15) is 22.0 Å². The summed E-state index contributed by atoms with van der Waals surface area (Å²) < 4.78 is 10.5. The molecule has 2 aromatic carbocycles.